The Kier molecular flexibility index (Phi) is 4.03. The predicted molar refractivity (Wildman–Crippen MR) is 77.8 cm³/mol. The third-order valence-electron chi connectivity index (χ3n) is 3.43. The van der Waals surface area contributed by atoms with E-state index in [0.29, 0.717) is 5.56 Å². The lowest BCUT2D eigenvalue weighted by molar-refractivity contribution is 0.0742. The first kappa shape index (κ1) is 14.1. The molecular formula is C16H17FN2O. The molecule has 0 saturated heterocycles. The molecule has 20 heavy (non-hydrogen) atoms. The lowest BCUT2D eigenvalue weighted by Gasteiger charge is -2.25. The van der Waals surface area contributed by atoms with E-state index in [-0.39, 0.29) is 17.6 Å². The van der Waals surface area contributed by atoms with E-state index in [1.165, 1.54) is 18.2 Å². The SMILES string of the molecule is CC(c1ccccc1)N(C)C(=O)c1ccc(N)c(F)c1. The van der Waals surface area contributed by atoms with Crippen molar-refractivity contribution in [2.24, 2.45) is 0 Å². The highest BCUT2D eigenvalue weighted by Crippen LogP contribution is 2.21. The number of rotatable bonds is 3. The van der Waals surface area contributed by atoms with Crippen molar-refractivity contribution in [1.29, 1.82) is 0 Å². The van der Waals surface area contributed by atoms with Gasteiger partial charge in [-0.1, -0.05) is 30.3 Å². The van der Waals surface area contributed by atoms with Gasteiger partial charge in [0.15, 0.2) is 0 Å². The molecule has 0 aliphatic carbocycles. The van der Waals surface area contributed by atoms with Gasteiger partial charge in [-0.15, -0.1) is 0 Å². The molecule has 0 aromatic heterocycles. The number of nitrogen functional groups attached to an aromatic ring is 1. The fourth-order valence-electron chi connectivity index (χ4n) is 1.99. The lowest BCUT2D eigenvalue weighted by atomic mass is 10.1. The van der Waals surface area contributed by atoms with Gasteiger partial charge in [0.05, 0.1) is 11.7 Å². The van der Waals surface area contributed by atoms with Gasteiger partial charge in [0.2, 0.25) is 0 Å². The Balaban J connectivity index is 2.22. The van der Waals surface area contributed by atoms with Crippen LogP contribution >= 0.6 is 0 Å². The van der Waals surface area contributed by atoms with Crippen LogP contribution in [0.3, 0.4) is 0 Å². The summed E-state index contributed by atoms with van der Waals surface area (Å²) in [5.74, 6) is -0.808. The minimum atomic E-state index is -0.573. The highest BCUT2D eigenvalue weighted by Gasteiger charge is 2.19. The highest BCUT2D eigenvalue weighted by atomic mass is 19.1. The third kappa shape index (κ3) is 2.79. The number of nitrogens with zero attached hydrogens (tertiary/aromatic N) is 1. The molecule has 0 fully saturated rings. The molecule has 0 aliphatic rings. The van der Waals surface area contributed by atoms with Crippen LogP contribution < -0.4 is 5.73 Å². The van der Waals surface area contributed by atoms with Gasteiger partial charge in [0.1, 0.15) is 5.82 Å². The van der Waals surface area contributed by atoms with Crippen LogP contribution in [0.15, 0.2) is 48.5 Å². The van der Waals surface area contributed by atoms with Crippen molar-refractivity contribution in [2.45, 2.75) is 13.0 Å². The zero-order chi connectivity index (χ0) is 14.7. The van der Waals surface area contributed by atoms with Crippen LogP contribution in [0, 0.1) is 5.82 Å². The molecular weight excluding hydrogens is 255 g/mol. The number of amides is 1. The summed E-state index contributed by atoms with van der Waals surface area (Å²) in [6.07, 6.45) is 0. The molecule has 1 unspecified atom stereocenters. The smallest absolute Gasteiger partial charge is 0.254 e. The van der Waals surface area contributed by atoms with E-state index in [1.807, 2.05) is 37.3 Å². The van der Waals surface area contributed by atoms with Crippen molar-refractivity contribution >= 4 is 11.6 Å². The quantitative estimate of drug-likeness (QED) is 0.872. The summed E-state index contributed by atoms with van der Waals surface area (Å²) < 4.78 is 13.4. The average molecular weight is 272 g/mol. The summed E-state index contributed by atoms with van der Waals surface area (Å²) in [5, 5.41) is 0. The van der Waals surface area contributed by atoms with E-state index in [0.717, 1.165) is 5.56 Å². The summed E-state index contributed by atoms with van der Waals surface area (Å²) in [4.78, 5) is 13.9. The first-order valence-electron chi connectivity index (χ1n) is 6.38. The highest BCUT2D eigenvalue weighted by molar-refractivity contribution is 5.94. The molecule has 2 N–H and O–H groups in total. The molecule has 0 radical (unpaired) electrons. The standard InChI is InChI=1S/C16H17FN2O/c1-11(12-6-4-3-5-7-12)19(2)16(20)13-8-9-15(18)14(17)10-13/h3-11H,18H2,1-2H3. The van der Waals surface area contributed by atoms with Crippen molar-refractivity contribution in [1.82, 2.24) is 4.90 Å². The second-order valence-electron chi connectivity index (χ2n) is 4.74. The van der Waals surface area contributed by atoms with Crippen LogP contribution in [-0.2, 0) is 0 Å². The number of anilines is 1. The first-order chi connectivity index (χ1) is 9.50. The molecule has 3 nitrogen and oxygen atoms in total. The van der Waals surface area contributed by atoms with Gasteiger partial charge in [0, 0.05) is 12.6 Å². The monoisotopic (exact) mass is 272 g/mol. The molecule has 1 amide bonds. The number of nitrogens with two attached hydrogens (primary N) is 1. The molecule has 0 aliphatic heterocycles. The minimum absolute atomic E-state index is 0.0420. The lowest BCUT2D eigenvalue weighted by Crippen LogP contribution is -2.29. The van der Waals surface area contributed by atoms with Crippen LogP contribution in [-0.4, -0.2) is 17.9 Å². The van der Waals surface area contributed by atoms with Gasteiger partial charge in [-0.25, -0.2) is 4.39 Å². The Morgan fingerprint density at radius 1 is 1.20 bits per heavy atom. The van der Waals surface area contributed by atoms with E-state index >= 15 is 0 Å². The van der Waals surface area contributed by atoms with E-state index in [1.54, 1.807) is 11.9 Å². The predicted octanol–water partition coefficient (Wildman–Crippen LogP) is 3.24. The second-order valence-corrected chi connectivity index (χ2v) is 4.74. The summed E-state index contributed by atoms with van der Waals surface area (Å²) in [5.41, 5.74) is 6.78. The zero-order valence-electron chi connectivity index (χ0n) is 11.5. The maximum Gasteiger partial charge on any atom is 0.254 e. The van der Waals surface area contributed by atoms with E-state index in [4.69, 9.17) is 5.73 Å². The topological polar surface area (TPSA) is 46.3 Å². The van der Waals surface area contributed by atoms with Crippen LogP contribution in [0.2, 0.25) is 0 Å². The van der Waals surface area contributed by atoms with Gasteiger partial charge in [-0.05, 0) is 30.7 Å². The number of carbonyl (C=O) groups excluding carboxylic acids is 1. The fourth-order valence-corrected chi connectivity index (χ4v) is 1.99. The Labute approximate surface area is 117 Å². The zero-order valence-corrected chi connectivity index (χ0v) is 11.5. The van der Waals surface area contributed by atoms with E-state index < -0.39 is 5.82 Å². The fraction of sp³-hybridized carbons (Fsp3) is 0.188. The van der Waals surface area contributed by atoms with E-state index in [2.05, 4.69) is 0 Å². The normalized spacial score (nSPS) is 11.9. The third-order valence-corrected chi connectivity index (χ3v) is 3.43. The van der Waals surface area contributed by atoms with Crippen molar-refractivity contribution in [2.75, 3.05) is 12.8 Å². The molecule has 0 heterocycles. The summed E-state index contributed by atoms with van der Waals surface area (Å²) in [6.45, 7) is 1.93. The maximum atomic E-state index is 13.4. The van der Waals surface area contributed by atoms with Crippen molar-refractivity contribution in [3.63, 3.8) is 0 Å². The van der Waals surface area contributed by atoms with Crippen molar-refractivity contribution in [3.05, 3.63) is 65.5 Å². The van der Waals surface area contributed by atoms with Gasteiger partial charge >= 0.3 is 0 Å². The van der Waals surface area contributed by atoms with Crippen molar-refractivity contribution in [3.8, 4) is 0 Å². The molecule has 104 valence electrons. The van der Waals surface area contributed by atoms with Gasteiger partial charge < -0.3 is 10.6 Å². The molecule has 1 atom stereocenters. The van der Waals surface area contributed by atoms with Crippen molar-refractivity contribution < 1.29 is 9.18 Å². The first-order valence-corrected chi connectivity index (χ1v) is 6.38. The number of hydrogen-bond acceptors (Lipinski definition) is 2. The number of halogens is 1. The molecule has 0 spiro atoms. The van der Waals surface area contributed by atoms with Crippen LogP contribution in [0.5, 0.6) is 0 Å². The number of benzene rings is 2. The minimum Gasteiger partial charge on any atom is -0.396 e. The largest absolute Gasteiger partial charge is 0.396 e. The van der Waals surface area contributed by atoms with Gasteiger partial charge in [-0.2, -0.15) is 0 Å². The second kappa shape index (κ2) is 5.74. The summed E-state index contributed by atoms with van der Waals surface area (Å²) in [6, 6.07) is 13.7. The number of carbonyl (C=O) groups is 1. The molecule has 0 saturated carbocycles. The number of hydrogen-bond donors (Lipinski definition) is 1. The Hall–Kier alpha value is -2.36. The average Bonchev–Trinajstić information content (AvgIpc) is 2.48. The van der Waals surface area contributed by atoms with Gasteiger partial charge in [-0.3, -0.25) is 4.79 Å². The molecule has 2 aromatic carbocycles. The summed E-state index contributed by atoms with van der Waals surface area (Å²) >= 11 is 0. The molecule has 0 bridgehead atoms. The van der Waals surface area contributed by atoms with Crippen LogP contribution in [0.1, 0.15) is 28.9 Å². The van der Waals surface area contributed by atoms with Gasteiger partial charge in [0.25, 0.3) is 5.91 Å². The summed E-state index contributed by atoms with van der Waals surface area (Å²) in [7, 11) is 1.70. The van der Waals surface area contributed by atoms with Crippen LogP contribution in [0.25, 0.3) is 0 Å². The Morgan fingerprint density at radius 3 is 2.45 bits per heavy atom. The van der Waals surface area contributed by atoms with E-state index in [9.17, 15) is 9.18 Å². The Morgan fingerprint density at radius 2 is 1.85 bits per heavy atom. The molecule has 2 rings (SSSR count). The maximum absolute atomic E-state index is 13.4. The molecule has 2 aromatic rings. The molecule has 4 heteroatoms. The Bertz CT molecular complexity index is 613. The van der Waals surface area contributed by atoms with Crippen LogP contribution in [0.4, 0.5) is 10.1 Å².